The van der Waals surface area contributed by atoms with Crippen molar-refractivity contribution in [1.82, 2.24) is 0 Å². The number of nitrogens with zero attached hydrogens (tertiary/aromatic N) is 1. The van der Waals surface area contributed by atoms with Gasteiger partial charge in [-0.05, 0) is 12.5 Å². The van der Waals surface area contributed by atoms with Gasteiger partial charge < -0.3 is 9.64 Å². The summed E-state index contributed by atoms with van der Waals surface area (Å²) in [5, 5.41) is 0.589. The first-order chi connectivity index (χ1) is 9.96. The third kappa shape index (κ3) is 3.47. The fourth-order valence-electron chi connectivity index (χ4n) is 2.25. The van der Waals surface area contributed by atoms with Crippen LogP contribution in [0.1, 0.15) is 35.5 Å². The van der Waals surface area contributed by atoms with Gasteiger partial charge >= 0.3 is 5.97 Å². The summed E-state index contributed by atoms with van der Waals surface area (Å²) in [6.07, 6.45) is 1.12. The van der Waals surface area contributed by atoms with Crippen molar-refractivity contribution >= 4 is 45.1 Å². The molecule has 7 heteroatoms. The van der Waals surface area contributed by atoms with Gasteiger partial charge in [-0.25, -0.2) is 4.79 Å². The summed E-state index contributed by atoms with van der Waals surface area (Å²) < 4.78 is 4.79. The number of esters is 1. The van der Waals surface area contributed by atoms with E-state index in [2.05, 4.69) is 0 Å². The number of ether oxygens (including phenoxy) is 1. The topological polar surface area (TPSA) is 63.7 Å². The van der Waals surface area contributed by atoms with Gasteiger partial charge in [0, 0.05) is 30.0 Å². The molecule has 1 fully saturated rings. The molecule has 0 radical (unpaired) electrons. The molecule has 0 aliphatic carbocycles. The highest BCUT2D eigenvalue weighted by Crippen LogP contribution is 2.37. The van der Waals surface area contributed by atoms with Crippen LogP contribution >= 0.6 is 23.1 Å². The van der Waals surface area contributed by atoms with Crippen LogP contribution in [-0.4, -0.2) is 35.9 Å². The molecule has 1 aromatic rings. The molecule has 0 spiro atoms. The van der Waals surface area contributed by atoms with E-state index in [1.54, 1.807) is 11.0 Å². The van der Waals surface area contributed by atoms with Crippen molar-refractivity contribution in [2.45, 2.75) is 31.9 Å². The summed E-state index contributed by atoms with van der Waals surface area (Å²) in [4.78, 5) is 37.9. The molecule has 1 amide bonds. The predicted octanol–water partition coefficient (Wildman–Crippen LogP) is 2.48. The quantitative estimate of drug-likeness (QED) is 0.795. The Kier molecular flexibility index (Phi) is 5.05. The molecule has 1 atom stereocenters. The van der Waals surface area contributed by atoms with Gasteiger partial charge in [0.05, 0.1) is 12.7 Å². The number of amides is 1. The van der Waals surface area contributed by atoms with E-state index < -0.39 is 5.97 Å². The minimum Gasteiger partial charge on any atom is -0.465 e. The van der Waals surface area contributed by atoms with Crippen LogP contribution in [0.5, 0.6) is 0 Å². The van der Waals surface area contributed by atoms with Crippen LogP contribution in [0.3, 0.4) is 0 Å². The number of thioether (sulfide) groups is 1. The maximum Gasteiger partial charge on any atom is 0.340 e. The molecule has 2 rings (SSSR count). The molecular weight excluding hydrogens is 310 g/mol. The summed E-state index contributed by atoms with van der Waals surface area (Å²) in [7, 11) is 1.33. The summed E-state index contributed by atoms with van der Waals surface area (Å²) in [6.45, 7) is 3.95. The number of aryl methyl sites for hydroxylation is 1. The van der Waals surface area contributed by atoms with Gasteiger partial charge in [0.2, 0.25) is 5.91 Å². The Hall–Kier alpha value is -1.34. The van der Waals surface area contributed by atoms with E-state index in [-0.39, 0.29) is 16.3 Å². The van der Waals surface area contributed by atoms with Gasteiger partial charge in [0.25, 0.3) is 0 Å². The predicted molar refractivity (Wildman–Crippen MR) is 84.1 cm³/mol. The Morgan fingerprint density at radius 2 is 2.24 bits per heavy atom. The first-order valence-electron chi connectivity index (χ1n) is 6.64. The third-order valence-corrected chi connectivity index (χ3v) is 5.47. The minimum absolute atomic E-state index is 0.00303. The number of carbonyl (C=O) groups excluding carboxylic acids is 3. The van der Waals surface area contributed by atoms with Crippen molar-refractivity contribution in [2.24, 2.45) is 0 Å². The van der Waals surface area contributed by atoms with E-state index in [1.165, 1.54) is 37.1 Å². The zero-order chi connectivity index (χ0) is 15.6. The Morgan fingerprint density at radius 3 is 2.81 bits per heavy atom. The molecule has 1 aliphatic rings. The van der Waals surface area contributed by atoms with Gasteiger partial charge in [0.1, 0.15) is 5.00 Å². The lowest BCUT2D eigenvalue weighted by Crippen LogP contribution is -2.25. The molecule has 1 unspecified atom stereocenters. The van der Waals surface area contributed by atoms with Crippen LogP contribution in [0.25, 0.3) is 0 Å². The number of thiophene rings is 1. The number of rotatable bonds is 4. The van der Waals surface area contributed by atoms with Crippen LogP contribution in [0.4, 0.5) is 5.00 Å². The lowest BCUT2D eigenvalue weighted by molar-refractivity contribution is -0.117. The normalized spacial score (nSPS) is 18.1. The standard InChI is InChI=1S/C14H17NO4S2/c1-4-9-5-11(14(18)19-3)13(21-9)15-7-10(6-12(15)17)20-8(2)16/h5,10H,4,6-7H2,1-3H3. The second kappa shape index (κ2) is 6.62. The van der Waals surface area contributed by atoms with E-state index in [4.69, 9.17) is 4.74 Å². The van der Waals surface area contributed by atoms with E-state index in [0.717, 1.165) is 11.3 Å². The fraction of sp³-hybridized carbons (Fsp3) is 0.500. The number of anilines is 1. The molecule has 21 heavy (non-hydrogen) atoms. The van der Waals surface area contributed by atoms with Crippen molar-refractivity contribution in [3.63, 3.8) is 0 Å². The summed E-state index contributed by atoms with van der Waals surface area (Å²) in [5.74, 6) is -0.486. The maximum atomic E-state index is 12.2. The molecule has 0 N–H and O–H groups in total. The van der Waals surface area contributed by atoms with Crippen molar-refractivity contribution in [3.05, 3.63) is 16.5 Å². The molecule has 0 saturated carbocycles. The zero-order valence-electron chi connectivity index (χ0n) is 12.2. The smallest absolute Gasteiger partial charge is 0.340 e. The van der Waals surface area contributed by atoms with Crippen LogP contribution in [0.2, 0.25) is 0 Å². The number of carbonyl (C=O) groups is 3. The van der Waals surface area contributed by atoms with Crippen molar-refractivity contribution in [2.75, 3.05) is 18.6 Å². The number of hydrogen-bond donors (Lipinski definition) is 0. The van der Waals surface area contributed by atoms with Crippen LogP contribution in [-0.2, 0) is 20.7 Å². The van der Waals surface area contributed by atoms with Crippen LogP contribution < -0.4 is 4.90 Å². The van der Waals surface area contributed by atoms with E-state index in [9.17, 15) is 14.4 Å². The summed E-state index contributed by atoms with van der Waals surface area (Å²) >= 11 is 2.62. The second-order valence-corrected chi connectivity index (χ2v) is 7.31. The highest BCUT2D eigenvalue weighted by atomic mass is 32.2. The average Bonchev–Trinajstić information content (AvgIpc) is 3.00. The van der Waals surface area contributed by atoms with Crippen LogP contribution in [0, 0.1) is 0 Å². The maximum absolute atomic E-state index is 12.2. The minimum atomic E-state index is -0.434. The summed E-state index contributed by atoms with van der Waals surface area (Å²) in [5.41, 5.74) is 0.432. The average molecular weight is 327 g/mol. The first kappa shape index (κ1) is 16.0. The lowest BCUT2D eigenvalue weighted by Gasteiger charge is -2.15. The van der Waals surface area contributed by atoms with E-state index >= 15 is 0 Å². The highest BCUT2D eigenvalue weighted by molar-refractivity contribution is 8.14. The Morgan fingerprint density at radius 1 is 1.52 bits per heavy atom. The van der Waals surface area contributed by atoms with Crippen molar-refractivity contribution in [3.8, 4) is 0 Å². The van der Waals surface area contributed by atoms with E-state index in [1.807, 2.05) is 6.92 Å². The second-order valence-electron chi connectivity index (χ2n) is 4.72. The molecule has 1 saturated heterocycles. The van der Waals surface area contributed by atoms with Gasteiger partial charge in [-0.3, -0.25) is 9.59 Å². The number of methoxy groups -OCH3 is 1. The molecule has 1 aromatic heterocycles. The Balaban J connectivity index is 2.28. The molecule has 1 aliphatic heterocycles. The molecule has 114 valence electrons. The fourth-order valence-corrected chi connectivity index (χ4v) is 4.27. The largest absolute Gasteiger partial charge is 0.465 e. The van der Waals surface area contributed by atoms with E-state index in [0.29, 0.717) is 23.5 Å². The molecule has 5 nitrogen and oxygen atoms in total. The SMILES string of the molecule is CCc1cc(C(=O)OC)c(N2CC(SC(C)=O)CC2=O)s1. The summed E-state index contributed by atoms with van der Waals surface area (Å²) in [6, 6.07) is 1.78. The molecular formula is C14H17NO4S2. The number of hydrogen-bond acceptors (Lipinski definition) is 6. The third-order valence-electron chi connectivity index (χ3n) is 3.18. The van der Waals surface area contributed by atoms with Gasteiger partial charge in [-0.1, -0.05) is 18.7 Å². The first-order valence-corrected chi connectivity index (χ1v) is 8.34. The monoisotopic (exact) mass is 327 g/mol. The molecule has 0 aromatic carbocycles. The molecule has 0 bridgehead atoms. The van der Waals surface area contributed by atoms with Gasteiger partial charge in [-0.15, -0.1) is 11.3 Å². The van der Waals surface area contributed by atoms with Crippen molar-refractivity contribution < 1.29 is 19.1 Å². The van der Waals surface area contributed by atoms with Crippen LogP contribution in [0.15, 0.2) is 6.07 Å². The Labute approximate surface area is 131 Å². The lowest BCUT2D eigenvalue weighted by atomic mass is 10.2. The molecule has 2 heterocycles. The van der Waals surface area contributed by atoms with Crippen molar-refractivity contribution in [1.29, 1.82) is 0 Å². The van der Waals surface area contributed by atoms with Gasteiger partial charge in [0.15, 0.2) is 5.12 Å². The highest BCUT2D eigenvalue weighted by Gasteiger charge is 2.35. The van der Waals surface area contributed by atoms with Gasteiger partial charge in [-0.2, -0.15) is 0 Å². The zero-order valence-corrected chi connectivity index (χ0v) is 13.8. The Bertz CT molecular complexity index is 582.